The topological polar surface area (TPSA) is 89.5 Å². The summed E-state index contributed by atoms with van der Waals surface area (Å²) < 4.78 is 31.5. The molecule has 2 fully saturated rings. The minimum atomic E-state index is -3.91. The maximum absolute atomic E-state index is 12.4. The van der Waals surface area contributed by atoms with Crippen LogP contribution in [0, 0.1) is 16.7 Å². The molecule has 0 aromatic heterocycles. The van der Waals surface area contributed by atoms with Crippen molar-refractivity contribution >= 4 is 21.9 Å². The Morgan fingerprint density at radius 1 is 1.45 bits per heavy atom. The highest BCUT2D eigenvalue weighted by molar-refractivity contribution is 7.90. The maximum atomic E-state index is 12.4. The van der Waals surface area contributed by atoms with E-state index in [0.29, 0.717) is 19.3 Å². The maximum Gasteiger partial charge on any atom is 0.421 e. The first-order chi connectivity index (χ1) is 10.0. The average Bonchev–Trinajstić information content (AvgIpc) is 2.70. The number of carbonyl (C=O) groups is 2. The fourth-order valence-electron chi connectivity index (χ4n) is 3.89. The summed E-state index contributed by atoms with van der Waals surface area (Å²) in [4.78, 5) is 24.0. The van der Waals surface area contributed by atoms with Crippen LogP contribution in [0.2, 0.25) is 0 Å². The molecule has 0 heterocycles. The van der Waals surface area contributed by atoms with Gasteiger partial charge in [-0.25, -0.2) is 17.9 Å². The van der Waals surface area contributed by atoms with Gasteiger partial charge in [0.2, 0.25) is 10.0 Å². The van der Waals surface area contributed by atoms with Gasteiger partial charge >= 0.3 is 6.09 Å². The third-order valence-corrected chi connectivity index (χ3v) is 7.05. The van der Waals surface area contributed by atoms with Crippen LogP contribution in [0.5, 0.6) is 0 Å². The van der Waals surface area contributed by atoms with Gasteiger partial charge in [0.1, 0.15) is 11.9 Å². The molecule has 126 valence electrons. The quantitative estimate of drug-likeness (QED) is 0.834. The highest BCUT2D eigenvalue weighted by Gasteiger charge is 2.65. The lowest BCUT2D eigenvalue weighted by Crippen LogP contribution is -2.46. The SMILES string of the molecule is CCC(C)OC(=O)NS(=O)(=O)C[C@]12CC[C@H](CC1=O)C2(C)C. The van der Waals surface area contributed by atoms with E-state index in [-0.39, 0.29) is 29.0 Å². The molecule has 6 nitrogen and oxygen atoms in total. The van der Waals surface area contributed by atoms with Crippen LogP contribution in [-0.2, 0) is 19.6 Å². The van der Waals surface area contributed by atoms with Gasteiger partial charge < -0.3 is 4.74 Å². The van der Waals surface area contributed by atoms with E-state index in [9.17, 15) is 18.0 Å². The normalized spacial score (nSPS) is 31.1. The number of rotatable bonds is 5. The van der Waals surface area contributed by atoms with Gasteiger partial charge in [-0.05, 0) is 37.5 Å². The number of carbonyl (C=O) groups excluding carboxylic acids is 2. The first-order valence-electron chi connectivity index (χ1n) is 7.78. The van der Waals surface area contributed by atoms with E-state index in [2.05, 4.69) is 0 Å². The molecule has 2 rings (SSSR count). The largest absolute Gasteiger partial charge is 0.446 e. The molecule has 0 aliphatic heterocycles. The summed E-state index contributed by atoms with van der Waals surface area (Å²) in [6.07, 6.45) is 1.17. The number of hydrogen-bond acceptors (Lipinski definition) is 5. The van der Waals surface area contributed by atoms with Crippen molar-refractivity contribution in [2.45, 2.75) is 59.5 Å². The van der Waals surface area contributed by atoms with Gasteiger partial charge in [-0.1, -0.05) is 20.8 Å². The van der Waals surface area contributed by atoms with Gasteiger partial charge in [0.05, 0.1) is 11.2 Å². The second-order valence-corrected chi connectivity index (χ2v) is 8.87. The molecule has 2 aliphatic rings. The fourth-order valence-corrected chi connectivity index (χ4v) is 5.59. The van der Waals surface area contributed by atoms with Crippen LogP contribution >= 0.6 is 0 Å². The Bertz CT molecular complexity index is 583. The molecule has 1 amide bonds. The smallest absolute Gasteiger partial charge is 0.421 e. The monoisotopic (exact) mass is 331 g/mol. The molecule has 7 heteroatoms. The summed E-state index contributed by atoms with van der Waals surface area (Å²) in [6, 6.07) is 0. The van der Waals surface area contributed by atoms with Gasteiger partial charge in [-0.2, -0.15) is 0 Å². The lowest BCUT2D eigenvalue weighted by atomic mass is 9.70. The number of Topliss-reactive ketones (excluding diaryl/α,β-unsaturated/α-hetero) is 1. The zero-order chi connectivity index (χ0) is 16.8. The molecular weight excluding hydrogens is 306 g/mol. The highest BCUT2D eigenvalue weighted by atomic mass is 32.2. The predicted octanol–water partition coefficient (Wildman–Crippen LogP) is 2.24. The van der Waals surface area contributed by atoms with Crippen LogP contribution in [0.15, 0.2) is 0 Å². The molecule has 0 radical (unpaired) electrons. The van der Waals surface area contributed by atoms with Crippen molar-refractivity contribution in [1.29, 1.82) is 0 Å². The van der Waals surface area contributed by atoms with E-state index in [1.54, 1.807) is 6.92 Å². The molecule has 2 bridgehead atoms. The zero-order valence-electron chi connectivity index (χ0n) is 13.6. The minimum absolute atomic E-state index is 0.00872. The summed E-state index contributed by atoms with van der Waals surface area (Å²) in [7, 11) is -3.91. The van der Waals surface area contributed by atoms with E-state index in [1.165, 1.54) is 0 Å². The Balaban J connectivity index is 2.12. The van der Waals surface area contributed by atoms with Crippen molar-refractivity contribution in [3.05, 3.63) is 0 Å². The summed E-state index contributed by atoms with van der Waals surface area (Å²) in [5.74, 6) is -0.0884. The Kier molecular flexibility index (Phi) is 4.32. The molecular formula is C15H25NO5S. The van der Waals surface area contributed by atoms with E-state index in [0.717, 1.165) is 6.42 Å². The van der Waals surface area contributed by atoms with E-state index < -0.39 is 21.5 Å². The van der Waals surface area contributed by atoms with Gasteiger partial charge in [0.25, 0.3) is 0 Å². The Morgan fingerprint density at radius 3 is 2.55 bits per heavy atom. The van der Waals surface area contributed by atoms with Crippen molar-refractivity contribution in [1.82, 2.24) is 4.72 Å². The van der Waals surface area contributed by atoms with Crippen LogP contribution in [0.3, 0.4) is 0 Å². The standard InChI is InChI=1S/C15H25NO5S/c1-5-10(2)21-13(18)16-22(19,20)9-15-7-6-11(8-12(15)17)14(15,3)4/h10-11H,5-9H2,1-4H3,(H,16,18)/t10?,11-,15-/m1/s1. The molecule has 1 N–H and O–H groups in total. The molecule has 0 aromatic carbocycles. The van der Waals surface area contributed by atoms with Crippen LogP contribution in [0.4, 0.5) is 4.79 Å². The number of fused-ring (bicyclic) bond motifs is 2. The third-order valence-electron chi connectivity index (χ3n) is 5.70. The number of nitrogens with one attached hydrogen (secondary N) is 1. The second-order valence-electron chi connectivity index (χ2n) is 7.15. The lowest BCUT2D eigenvalue weighted by molar-refractivity contribution is -0.128. The molecule has 0 spiro atoms. The summed E-state index contributed by atoms with van der Waals surface area (Å²) in [6.45, 7) is 7.45. The zero-order valence-corrected chi connectivity index (χ0v) is 14.5. The molecule has 22 heavy (non-hydrogen) atoms. The van der Waals surface area contributed by atoms with Crippen LogP contribution in [0.1, 0.15) is 53.4 Å². The molecule has 0 saturated heterocycles. The lowest BCUT2D eigenvalue weighted by Gasteiger charge is -2.35. The van der Waals surface area contributed by atoms with Crippen LogP contribution in [0.25, 0.3) is 0 Å². The number of amides is 1. The molecule has 3 atom stereocenters. The van der Waals surface area contributed by atoms with E-state index in [4.69, 9.17) is 4.74 Å². The summed E-state index contributed by atoms with van der Waals surface area (Å²) in [5, 5.41) is 0. The first-order valence-corrected chi connectivity index (χ1v) is 9.44. The molecule has 2 aliphatic carbocycles. The minimum Gasteiger partial charge on any atom is -0.446 e. The summed E-state index contributed by atoms with van der Waals surface area (Å²) in [5.41, 5.74) is -1.22. The van der Waals surface area contributed by atoms with Gasteiger partial charge in [0.15, 0.2) is 0 Å². The second kappa shape index (κ2) is 5.51. The molecule has 2 saturated carbocycles. The van der Waals surface area contributed by atoms with E-state index >= 15 is 0 Å². The van der Waals surface area contributed by atoms with Crippen molar-refractivity contribution in [3.8, 4) is 0 Å². The Labute approximate surface area is 132 Å². The number of ether oxygens (including phenoxy) is 1. The number of sulfonamides is 1. The molecule has 0 aromatic rings. The Morgan fingerprint density at radius 2 is 2.09 bits per heavy atom. The van der Waals surface area contributed by atoms with Crippen molar-refractivity contribution in [3.63, 3.8) is 0 Å². The van der Waals surface area contributed by atoms with Crippen molar-refractivity contribution in [2.75, 3.05) is 5.75 Å². The fraction of sp³-hybridized carbons (Fsp3) is 0.867. The summed E-state index contributed by atoms with van der Waals surface area (Å²) >= 11 is 0. The van der Waals surface area contributed by atoms with Crippen LogP contribution in [-0.4, -0.2) is 32.2 Å². The highest BCUT2D eigenvalue weighted by Crippen LogP contribution is 2.64. The predicted molar refractivity (Wildman–Crippen MR) is 81.7 cm³/mol. The first kappa shape index (κ1) is 17.2. The van der Waals surface area contributed by atoms with Gasteiger partial charge in [-0.3, -0.25) is 4.79 Å². The third kappa shape index (κ3) is 2.75. The number of ketones is 1. The average molecular weight is 331 g/mol. The Hall–Kier alpha value is -1.11. The van der Waals surface area contributed by atoms with E-state index in [1.807, 2.05) is 25.5 Å². The van der Waals surface area contributed by atoms with Gasteiger partial charge in [-0.15, -0.1) is 0 Å². The van der Waals surface area contributed by atoms with Crippen molar-refractivity contribution in [2.24, 2.45) is 16.7 Å². The number of hydrogen-bond donors (Lipinski definition) is 1. The van der Waals surface area contributed by atoms with Gasteiger partial charge in [0, 0.05) is 6.42 Å². The molecule has 1 unspecified atom stereocenters. The van der Waals surface area contributed by atoms with Crippen molar-refractivity contribution < 1.29 is 22.7 Å². The van der Waals surface area contributed by atoms with Crippen LogP contribution < -0.4 is 4.72 Å².